The number of piperidine rings is 1. The number of rotatable bonds is 6. The molecule has 3 heteroatoms. The summed E-state index contributed by atoms with van der Waals surface area (Å²) in [5, 5.41) is 3.54. The highest BCUT2D eigenvalue weighted by Crippen LogP contribution is 2.26. The van der Waals surface area contributed by atoms with Gasteiger partial charge in [-0.2, -0.15) is 0 Å². The minimum atomic E-state index is 0.307. The van der Waals surface area contributed by atoms with Gasteiger partial charge in [0.2, 0.25) is 5.91 Å². The number of hydrogen-bond donors (Lipinski definition) is 1. The fraction of sp³-hybridized carbons (Fsp3) is 0.941. The molecule has 118 valence electrons. The van der Waals surface area contributed by atoms with Crippen LogP contribution < -0.4 is 5.32 Å². The lowest BCUT2D eigenvalue weighted by molar-refractivity contribution is -0.132. The number of carbonyl (C=O) groups excluding carboxylic acids is 1. The van der Waals surface area contributed by atoms with Crippen molar-refractivity contribution in [2.24, 2.45) is 11.3 Å². The van der Waals surface area contributed by atoms with Crippen LogP contribution in [0.4, 0.5) is 0 Å². The first kappa shape index (κ1) is 17.5. The van der Waals surface area contributed by atoms with Gasteiger partial charge >= 0.3 is 0 Å². The summed E-state index contributed by atoms with van der Waals surface area (Å²) in [6, 6.07) is 0.505. The molecule has 1 rings (SSSR count). The number of amides is 1. The van der Waals surface area contributed by atoms with Gasteiger partial charge in [0.05, 0.1) is 0 Å². The molecule has 1 amide bonds. The predicted molar refractivity (Wildman–Crippen MR) is 85.7 cm³/mol. The molecule has 0 radical (unpaired) electrons. The first-order valence-corrected chi connectivity index (χ1v) is 8.33. The molecule has 0 aromatic carbocycles. The van der Waals surface area contributed by atoms with E-state index in [0.29, 0.717) is 29.7 Å². The standard InChI is InChI=1S/C17H34N2O/c1-6-19(13-15-9-7-8-10-18-15)16(20)11-14(2)12-17(3,4)5/h14-15,18H,6-13H2,1-5H3. The van der Waals surface area contributed by atoms with E-state index in [1.165, 1.54) is 19.3 Å². The van der Waals surface area contributed by atoms with Crippen LogP contribution in [0.2, 0.25) is 0 Å². The van der Waals surface area contributed by atoms with E-state index < -0.39 is 0 Å². The number of carbonyl (C=O) groups is 1. The van der Waals surface area contributed by atoms with Crippen molar-refractivity contribution < 1.29 is 4.79 Å². The largest absolute Gasteiger partial charge is 0.341 e. The van der Waals surface area contributed by atoms with E-state index in [4.69, 9.17) is 0 Å². The molecule has 1 fully saturated rings. The van der Waals surface area contributed by atoms with Gasteiger partial charge < -0.3 is 10.2 Å². The Labute approximate surface area is 125 Å². The van der Waals surface area contributed by atoms with Crippen molar-refractivity contribution in [3.63, 3.8) is 0 Å². The van der Waals surface area contributed by atoms with Crippen molar-refractivity contribution in [3.05, 3.63) is 0 Å². The Morgan fingerprint density at radius 2 is 2.05 bits per heavy atom. The second-order valence-corrected chi connectivity index (χ2v) is 7.65. The Balaban J connectivity index is 2.41. The topological polar surface area (TPSA) is 32.3 Å². The number of hydrogen-bond acceptors (Lipinski definition) is 2. The second kappa shape index (κ2) is 8.02. The maximum absolute atomic E-state index is 12.4. The maximum atomic E-state index is 12.4. The molecule has 0 aromatic heterocycles. The average molecular weight is 282 g/mol. The molecule has 0 aliphatic carbocycles. The van der Waals surface area contributed by atoms with E-state index >= 15 is 0 Å². The Morgan fingerprint density at radius 1 is 1.35 bits per heavy atom. The van der Waals surface area contributed by atoms with Crippen molar-refractivity contribution in [3.8, 4) is 0 Å². The molecule has 3 nitrogen and oxygen atoms in total. The highest BCUT2D eigenvalue weighted by atomic mass is 16.2. The smallest absolute Gasteiger partial charge is 0.222 e. The van der Waals surface area contributed by atoms with E-state index in [0.717, 1.165) is 26.1 Å². The van der Waals surface area contributed by atoms with Gasteiger partial charge in [-0.3, -0.25) is 4.79 Å². The normalized spacial score (nSPS) is 21.6. The number of likely N-dealkylation sites (N-methyl/N-ethyl adjacent to an activating group) is 1. The molecule has 2 atom stereocenters. The molecule has 2 unspecified atom stereocenters. The van der Waals surface area contributed by atoms with E-state index in [1.54, 1.807) is 0 Å². The summed E-state index contributed by atoms with van der Waals surface area (Å²) in [6.07, 6.45) is 5.58. The molecule has 0 saturated carbocycles. The Kier molecular flexibility index (Phi) is 7.01. The Hall–Kier alpha value is -0.570. The summed E-state index contributed by atoms with van der Waals surface area (Å²) in [5.74, 6) is 0.799. The zero-order chi connectivity index (χ0) is 15.2. The van der Waals surface area contributed by atoms with Gasteiger partial charge in [-0.05, 0) is 44.1 Å². The molecule has 1 saturated heterocycles. The van der Waals surface area contributed by atoms with Gasteiger partial charge in [-0.15, -0.1) is 0 Å². The third kappa shape index (κ3) is 6.74. The molecule has 1 aliphatic heterocycles. The lowest BCUT2D eigenvalue weighted by atomic mass is 9.84. The van der Waals surface area contributed by atoms with Crippen LogP contribution in [0.25, 0.3) is 0 Å². The van der Waals surface area contributed by atoms with Crippen molar-refractivity contribution in [2.45, 2.75) is 72.8 Å². The lowest BCUT2D eigenvalue weighted by Crippen LogP contribution is -2.46. The quantitative estimate of drug-likeness (QED) is 0.809. The first-order valence-electron chi connectivity index (χ1n) is 8.33. The summed E-state index contributed by atoms with van der Waals surface area (Å²) < 4.78 is 0. The molecule has 20 heavy (non-hydrogen) atoms. The summed E-state index contributed by atoms with van der Waals surface area (Å²) in [7, 11) is 0. The van der Waals surface area contributed by atoms with Gasteiger partial charge in [-0.1, -0.05) is 34.1 Å². The van der Waals surface area contributed by atoms with Crippen LogP contribution in [0.1, 0.15) is 66.7 Å². The summed E-state index contributed by atoms with van der Waals surface area (Å²) in [6.45, 7) is 13.9. The highest BCUT2D eigenvalue weighted by molar-refractivity contribution is 5.76. The molecule has 0 bridgehead atoms. The van der Waals surface area contributed by atoms with Crippen molar-refractivity contribution in [1.29, 1.82) is 0 Å². The third-order valence-corrected chi connectivity index (χ3v) is 4.07. The van der Waals surface area contributed by atoms with E-state index in [9.17, 15) is 4.79 Å². The van der Waals surface area contributed by atoms with Crippen LogP contribution in [0, 0.1) is 11.3 Å². The van der Waals surface area contributed by atoms with Crippen LogP contribution >= 0.6 is 0 Å². The van der Waals surface area contributed by atoms with Gasteiger partial charge in [0.15, 0.2) is 0 Å². The lowest BCUT2D eigenvalue weighted by Gasteiger charge is -2.31. The third-order valence-electron chi connectivity index (χ3n) is 4.07. The van der Waals surface area contributed by atoms with Crippen molar-refractivity contribution in [2.75, 3.05) is 19.6 Å². The predicted octanol–water partition coefficient (Wildman–Crippen LogP) is 3.44. The minimum absolute atomic E-state index is 0.307. The summed E-state index contributed by atoms with van der Waals surface area (Å²) >= 11 is 0. The van der Waals surface area contributed by atoms with E-state index in [2.05, 4.69) is 39.9 Å². The first-order chi connectivity index (χ1) is 9.31. The molecular weight excluding hydrogens is 248 g/mol. The van der Waals surface area contributed by atoms with Gasteiger partial charge in [0, 0.05) is 25.6 Å². The van der Waals surface area contributed by atoms with E-state index in [1.807, 2.05) is 4.90 Å². The number of nitrogens with one attached hydrogen (secondary N) is 1. The number of nitrogens with zero attached hydrogens (tertiary/aromatic N) is 1. The fourth-order valence-electron chi connectivity index (χ4n) is 3.30. The van der Waals surface area contributed by atoms with Gasteiger partial charge in [0.1, 0.15) is 0 Å². The highest BCUT2D eigenvalue weighted by Gasteiger charge is 2.22. The zero-order valence-corrected chi connectivity index (χ0v) is 14.2. The molecule has 1 aliphatic rings. The van der Waals surface area contributed by atoms with Crippen molar-refractivity contribution >= 4 is 5.91 Å². The summed E-state index contributed by atoms with van der Waals surface area (Å²) in [5.41, 5.74) is 0.307. The molecule has 0 spiro atoms. The fourth-order valence-corrected chi connectivity index (χ4v) is 3.30. The summed E-state index contributed by atoms with van der Waals surface area (Å²) in [4.78, 5) is 14.5. The van der Waals surface area contributed by atoms with Crippen molar-refractivity contribution in [1.82, 2.24) is 10.2 Å². The van der Waals surface area contributed by atoms with Crippen LogP contribution in [-0.2, 0) is 4.79 Å². The van der Waals surface area contributed by atoms with Crippen LogP contribution in [-0.4, -0.2) is 36.5 Å². The zero-order valence-electron chi connectivity index (χ0n) is 14.2. The Morgan fingerprint density at radius 3 is 2.55 bits per heavy atom. The van der Waals surface area contributed by atoms with Gasteiger partial charge in [-0.25, -0.2) is 0 Å². The monoisotopic (exact) mass is 282 g/mol. The Bertz CT molecular complexity index is 290. The second-order valence-electron chi connectivity index (χ2n) is 7.65. The average Bonchev–Trinajstić information content (AvgIpc) is 2.34. The van der Waals surface area contributed by atoms with Gasteiger partial charge in [0.25, 0.3) is 0 Å². The molecule has 1 N–H and O–H groups in total. The SMILES string of the molecule is CCN(CC1CCCCN1)C(=O)CC(C)CC(C)(C)C. The molecular formula is C17H34N2O. The maximum Gasteiger partial charge on any atom is 0.222 e. The molecule has 1 heterocycles. The molecule has 0 aromatic rings. The van der Waals surface area contributed by atoms with Crippen LogP contribution in [0.15, 0.2) is 0 Å². The minimum Gasteiger partial charge on any atom is -0.341 e. The van der Waals surface area contributed by atoms with Crippen LogP contribution in [0.5, 0.6) is 0 Å². The van der Waals surface area contributed by atoms with Crippen LogP contribution in [0.3, 0.4) is 0 Å². The van der Waals surface area contributed by atoms with E-state index in [-0.39, 0.29) is 0 Å².